The molecule has 0 amide bonds. The Labute approximate surface area is 115 Å². The van der Waals surface area contributed by atoms with Gasteiger partial charge in [0.2, 0.25) is 0 Å². The zero-order chi connectivity index (χ0) is 13.4. The third-order valence-corrected chi connectivity index (χ3v) is 5.14. The SMILES string of the molecule is O=C(O)C1CCC2N=C(c3ccccc3O)SC2C1. The largest absolute Gasteiger partial charge is 0.507 e. The summed E-state index contributed by atoms with van der Waals surface area (Å²) in [5.41, 5.74) is 0.758. The van der Waals surface area contributed by atoms with Gasteiger partial charge in [-0.05, 0) is 31.4 Å². The van der Waals surface area contributed by atoms with Gasteiger partial charge in [0.25, 0.3) is 0 Å². The Kier molecular flexibility index (Phi) is 3.22. The summed E-state index contributed by atoms with van der Waals surface area (Å²) in [5.74, 6) is -0.704. The van der Waals surface area contributed by atoms with Crippen molar-refractivity contribution in [3.63, 3.8) is 0 Å². The highest BCUT2D eigenvalue weighted by molar-refractivity contribution is 8.15. The first-order valence-corrected chi connectivity index (χ1v) is 7.28. The topological polar surface area (TPSA) is 69.9 Å². The van der Waals surface area contributed by atoms with E-state index in [0.717, 1.165) is 17.0 Å². The second-order valence-electron chi connectivity index (χ2n) is 5.02. The number of carboxylic acids is 1. The van der Waals surface area contributed by atoms with Gasteiger partial charge in [0.05, 0.1) is 12.0 Å². The highest BCUT2D eigenvalue weighted by Crippen LogP contribution is 2.42. The smallest absolute Gasteiger partial charge is 0.306 e. The number of rotatable bonds is 2. The maximum atomic E-state index is 11.1. The number of phenolic OH excluding ortho intramolecular Hbond substituents is 1. The van der Waals surface area contributed by atoms with Crippen molar-refractivity contribution >= 4 is 22.8 Å². The summed E-state index contributed by atoms with van der Waals surface area (Å²) < 4.78 is 0. The minimum Gasteiger partial charge on any atom is -0.507 e. The van der Waals surface area contributed by atoms with Gasteiger partial charge >= 0.3 is 5.97 Å². The first kappa shape index (κ1) is 12.5. The number of carboxylic acid groups (broad SMARTS) is 1. The van der Waals surface area contributed by atoms with Gasteiger partial charge in [0.1, 0.15) is 10.8 Å². The molecule has 4 nitrogen and oxygen atoms in total. The Bertz CT molecular complexity index is 543. The van der Waals surface area contributed by atoms with Gasteiger partial charge in [0, 0.05) is 10.8 Å². The molecule has 1 aliphatic heterocycles. The minimum absolute atomic E-state index is 0.204. The summed E-state index contributed by atoms with van der Waals surface area (Å²) >= 11 is 1.61. The maximum Gasteiger partial charge on any atom is 0.306 e. The van der Waals surface area contributed by atoms with Gasteiger partial charge in [-0.15, -0.1) is 11.8 Å². The van der Waals surface area contributed by atoms with Crippen LogP contribution in [0.25, 0.3) is 0 Å². The number of hydrogen-bond acceptors (Lipinski definition) is 4. The third kappa shape index (κ3) is 2.34. The average molecular weight is 277 g/mol. The van der Waals surface area contributed by atoms with Crippen LogP contribution in [0, 0.1) is 5.92 Å². The first-order valence-electron chi connectivity index (χ1n) is 6.41. The van der Waals surface area contributed by atoms with E-state index < -0.39 is 5.97 Å². The number of aromatic hydroxyl groups is 1. The highest BCUT2D eigenvalue weighted by Gasteiger charge is 2.39. The first-order chi connectivity index (χ1) is 9.15. The van der Waals surface area contributed by atoms with Crippen LogP contribution in [0.2, 0.25) is 0 Å². The lowest BCUT2D eigenvalue weighted by Crippen LogP contribution is -2.31. The molecule has 2 aliphatic rings. The van der Waals surface area contributed by atoms with E-state index in [9.17, 15) is 9.90 Å². The summed E-state index contributed by atoms with van der Waals surface area (Å²) in [7, 11) is 0. The van der Waals surface area contributed by atoms with Crippen molar-refractivity contribution in [2.45, 2.75) is 30.6 Å². The summed E-state index contributed by atoms with van der Waals surface area (Å²) in [4.78, 5) is 15.7. The molecule has 1 saturated carbocycles. The van der Waals surface area contributed by atoms with Crippen molar-refractivity contribution in [1.29, 1.82) is 0 Å². The lowest BCUT2D eigenvalue weighted by molar-refractivity contribution is -0.142. The Morgan fingerprint density at radius 1 is 1.32 bits per heavy atom. The molecule has 1 fully saturated rings. The van der Waals surface area contributed by atoms with E-state index in [1.807, 2.05) is 12.1 Å². The monoisotopic (exact) mass is 277 g/mol. The molecule has 0 aromatic heterocycles. The van der Waals surface area contributed by atoms with Crippen molar-refractivity contribution in [3.05, 3.63) is 29.8 Å². The molecule has 2 N–H and O–H groups in total. The quantitative estimate of drug-likeness (QED) is 0.871. The normalized spacial score (nSPS) is 29.7. The Morgan fingerprint density at radius 3 is 2.84 bits per heavy atom. The second-order valence-corrected chi connectivity index (χ2v) is 6.25. The van der Waals surface area contributed by atoms with Crippen LogP contribution in [0.3, 0.4) is 0 Å². The van der Waals surface area contributed by atoms with Crippen LogP contribution in [0.1, 0.15) is 24.8 Å². The molecule has 0 spiro atoms. The van der Waals surface area contributed by atoms with Crippen LogP contribution in [0.4, 0.5) is 0 Å². The molecule has 5 heteroatoms. The fraction of sp³-hybridized carbons (Fsp3) is 0.429. The van der Waals surface area contributed by atoms with Gasteiger partial charge in [-0.1, -0.05) is 12.1 Å². The lowest BCUT2D eigenvalue weighted by atomic mass is 9.86. The number of benzene rings is 1. The fourth-order valence-corrected chi connectivity index (χ4v) is 4.19. The van der Waals surface area contributed by atoms with Crippen molar-refractivity contribution in [3.8, 4) is 5.75 Å². The number of aliphatic carboxylic acids is 1. The number of aliphatic imine (C=N–C) groups is 1. The molecular formula is C14H15NO3S. The van der Waals surface area contributed by atoms with E-state index in [1.54, 1.807) is 23.9 Å². The number of phenols is 1. The van der Waals surface area contributed by atoms with Gasteiger partial charge in [0.15, 0.2) is 0 Å². The van der Waals surface area contributed by atoms with Crippen LogP contribution in [0.15, 0.2) is 29.3 Å². The molecule has 1 heterocycles. The van der Waals surface area contributed by atoms with Crippen molar-refractivity contribution in [2.75, 3.05) is 0 Å². The fourth-order valence-electron chi connectivity index (χ4n) is 2.72. The lowest BCUT2D eigenvalue weighted by Gasteiger charge is -2.27. The standard InChI is InChI=1S/C14H15NO3S/c16-11-4-2-1-3-9(11)13-15-10-6-5-8(14(17)18)7-12(10)19-13/h1-4,8,10,12,16H,5-7H2,(H,17,18). The maximum absolute atomic E-state index is 11.1. The number of para-hydroxylation sites is 1. The van der Waals surface area contributed by atoms with Crippen LogP contribution >= 0.6 is 11.8 Å². The summed E-state index contributed by atoms with van der Waals surface area (Å²) in [6, 6.07) is 7.37. The van der Waals surface area contributed by atoms with E-state index >= 15 is 0 Å². The number of carbonyl (C=O) groups is 1. The van der Waals surface area contributed by atoms with E-state index in [1.165, 1.54) is 0 Å². The van der Waals surface area contributed by atoms with Crippen molar-refractivity contribution in [2.24, 2.45) is 10.9 Å². The summed E-state index contributed by atoms with van der Waals surface area (Å²) in [5, 5.41) is 20.0. The van der Waals surface area contributed by atoms with Crippen LogP contribution < -0.4 is 0 Å². The predicted molar refractivity (Wildman–Crippen MR) is 74.8 cm³/mol. The van der Waals surface area contributed by atoms with E-state index in [4.69, 9.17) is 5.11 Å². The molecule has 3 unspecified atom stereocenters. The zero-order valence-electron chi connectivity index (χ0n) is 10.3. The molecular weight excluding hydrogens is 262 g/mol. The van der Waals surface area contributed by atoms with Gasteiger partial charge < -0.3 is 10.2 Å². The number of fused-ring (bicyclic) bond motifs is 1. The van der Waals surface area contributed by atoms with Crippen molar-refractivity contribution < 1.29 is 15.0 Å². The minimum atomic E-state index is -0.699. The highest BCUT2D eigenvalue weighted by atomic mass is 32.2. The average Bonchev–Trinajstić information content (AvgIpc) is 2.81. The van der Waals surface area contributed by atoms with Gasteiger partial charge in [-0.2, -0.15) is 0 Å². The van der Waals surface area contributed by atoms with E-state index in [0.29, 0.717) is 12.8 Å². The third-order valence-electron chi connectivity index (χ3n) is 3.79. The molecule has 0 bridgehead atoms. The number of hydrogen-bond donors (Lipinski definition) is 2. The molecule has 1 aliphatic carbocycles. The van der Waals surface area contributed by atoms with Crippen molar-refractivity contribution in [1.82, 2.24) is 0 Å². The molecule has 100 valence electrons. The molecule has 1 aromatic rings. The van der Waals surface area contributed by atoms with Crippen LogP contribution in [0.5, 0.6) is 5.75 Å². The summed E-state index contributed by atoms with van der Waals surface area (Å²) in [6.45, 7) is 0. The number of nitrogens with zero attached hydrogens (tertiary/aromatic N) is 1. The zero-order valence-corrected chi connectivity index (χ0v) is 11.1. The van der Waals surface area contributed by atoms with Crippen LogP contribution in [-0.4, -0.2) is 32.5 Å². The van der Waals surface area contributed by atoms with Gasteiger partial charge in [-0.3, -0.25) is 9.79 Å². The molecule has 0 radical (unpaired) electrons. The van der Waals surface area contributed by atoms with Crippen LogP contribution in [-0.2, 0) is 4.79 Å². The number of thioether (sulfide) groups is 1. The molecule has 1 aromatic carbocycles. The molecule has 3 rings (SSSR count). The molecule has 19 heavy (non-hydrogen) atoms. The summed E-state index contributed by atoms with van der Waals surface area (Å²) in [6.07, 6.45) is 2.20. The second kappa shape index (κ2) is 4.89. The van der Waals surface area contributed by atoms with E-state index in [2.05, 4.69) is 4.99 Å². The Balaban J connectivity index is 1.79. The van der Waals surface area contributed by atoms with E-state index in [-0.39, 0.29) is 23.0 Å². The Hall–Kier alpha value is -1.49. The molecule has 3 atom stereocenters. The Morgan fingerprint density at radius 2 is 2.11 bits per heavy atom. The predicted octanol–water partition coefficient (Wildman–Crippen LogP) is 2.51. The van der Waals surface area contributed by atoms with Gasteiger partial charge in [-0.25, -0.2) is 0 Å². The molecule has 0 saturated heterocycles.